The lowest BCUT2D eigenvalue weighted by Gasteiger charge is -2.42. The van der Waals surface area contributed by atoms with Crippen LogP contribution in [0, 0.1) is 5.41 Å². The highest BCUT2D eigenvalue weighted by Gasteiger charge is 2.36. The van der Waals surface area contributed by atoms with E-state index >= 15 is 0 Å². The van der Waals surface area contributed by atoms with E-state index in [-0.39, 0.29) is 0 Å². The number of methoxy groups -OCH3 is 1. The first-order valence-corrected chi connectivity index (χ1v) is 11.2. The van der Waals surface area contributed by atoms with E-state index in [9.17, 15) is 0 Å². The van der Waals surface area contributed by atoms with E-state index in [0.29, 0.717) is 18.6 Å². The molecule has 1 saturated carbocycles. The molecule has 168 valence electrons. The molecule has 1 saturated heterocycles. The van der Waals surface area contributed by atoms with Crippen LogP contribution in [0.1, 0.15) is 31.2 Å². The molecule has 1 aliphatic carbocycles. The molecule has 2 fully saturated rings. The standard InChI is InChI=1S/C23H38N4O3/c1-24-22(26-19-23(7-4-8-23)9-13-28-2)25-18-20-5-3-6-21(17-20)30-16-12-27-10-14-29-15-11-27/h3,5-6,17H,4,7-16,18-19H2,1-2H3,(H2,24,25,26). The van der Waals surface area contributed by atoms with Gasteiger partial charge in [0.1, 0.15) is 12.4 Å². The highest BCUT2D eigenvalue weighted by Crippen LogP contribution is 2.43. The Labute approximate surface area is 181 Å². The van der Waals surface area contributed by atoms with Crippen LogP contribution < -0.4 is 15.4 Å². The van der Waals surface area contributed by atoms with Crippen LogP contribution in [0.5, 0.6) is 5.75 Å². The average molecular weight is 419 g/mol. The van der Waals surface area contributed by atoms with Crippen molar-refractivity contribution in [3.05, 3.63) is 29.8 Å². The van der Waals surface area contributed by atoms with Crippen molar-refractivity contribution >= 4 is 5.96 Å². The molecule has 1 aromatic carbocycles. The average Bonchev–Trinajstić information content (AvgIpc) is 2.76. The first-order chi connectivity index (χ1) is 14.7. The Hall–Kier alpha value is -1.83. The van der Waals surface area contributed by atoms with Gasteiger partial charge in [-0.1, -0.05) is 18.6 Å². The van der Waals surface area contributed by atoms with Gasteiger partial charge in [-0.15, -0.1) is 0 Å². The summed E-state index contributed by atoms with van der Waals surface area (Å²) < 4.78 is 16.6. The van der Waals surface area contributed by atoms with Crippen LogP contribution in [0.3, 0.4) is 0 Å². The van der Waals surface area contributed by atoms with Crippen LogP contribution in [0.25, 0.3) is 0 Å². The molecule has 0 bridgehead atoms. The Morgan fingerprint density at radius 3 is 2.73 bits per heavy atom. The summed E-state index contributed by atoms with van der Waals surface area (Å²) in [5.41, 5.74) is 1.54. The van der Waals surface area contributed by atoms with E-state index in [2.05, 4.69) is 32.7 Å². The molecule has 3 rings (SSSR count). The van der Waals surface area contributed by atoms with Crippen LogP contribution in [-0.4, -0.2) is 77.6 Å². The fourth-order valence-electron chi connectivity index (χ4n) is 4.05. The van der Waals surface area contributed by atoms with Gasteiger partial charge in [0.25, 0.3) is 0 Å². The zero-order chi connectivity index (χ0) is 21.1. The van der Waals surface area contributed by atoms with Gasteiger partial charge in [-0.2, -0.15) is 0 Å². The summed E-state index contributed by atoms with van der Waals surface area (Å²) in [5.74, 6) is 1.76. The largest absolute Gasteiger partial charge is 0.492 e. The van der Waals surface area contributed by atoms with Crippen molar-refractivity contribution < 1.29 is 14.2 Å². The van der Waals surface area contributed by atoms with Gasteiger partial charge in [0.15, 0.2) is 5.96 Å². The highest BCUT2D eigenvalue weighted by molar-refractivity contribution is 5.79. The minimum absolute atomic E-state index is 0.363. The van der Waals surface area contributed by atoms with Gasteiger partial charge in [0.05, 0.1) is 13.2 Å². The number of ether oxygens (including phenoxy) is 3. The smallest absolute Gasteiger partial charge is 0.191 e. The summed E-state index contributed by atoms with van der Waals surface area (Å²) in [6.45, 7) is 7.75. The molecule has 2 aliphatic rings. The Morgan fingerprint density at radius 2 is 2.03 bits per heavy atom. The predicted octanol–water partition coefficient (Wildman–Crippen LogP) is 2.27. The van der Waals surface area contributed by atoms with Crippen molar-refractivity contribution in [2.45, 2.75) is 32.2 Å². The van der Waals surface area contributed by atoms with Gasteiger partial charge in [-0.25, -0.2) is 0 Å². The number of nitrogens with one attached hydrogen (secondary N) is 2. The lowest BCUT2D eigenvalue weighted by molar-refractivity contribution is 0.0322. The number of hydrogen-bond acceptors (Lipinski definition) is 5. The summed E-state index contributed by atoms with van der Waals surface area (Å²) in [4.78, 5) is 6.77. The summed E-state index contributed by atoms with van der Waals surface area (Å²) in [6.07, 6.45) is 4.96. The summed E-state index contributed by atoms with van der Waals surface area (Å²) in [7, 11) is 3.60. The van der Waals surface area contributed by atoms with Crippen LogP contribution in [-0.2, 0) is 16.0 Å². The van der Waals surface area contributed by atoms with Gasteiger partial charge in [0.2, 0.25) is 0 Å². The van der Waals surface area contributed by atoms with Gasteiger partial charge in [0, 0.05) is 53.5 Å². The lowest BCUT2D eigenvalue weighted by Crippen LogP contribution is -2.46. The number of guanidine groups is 1. The minimum atomic E-state index is 0.363. The summed E-state index contributed by atoms with van der Waals surface area (Å²) in [6, 6.07) is 8.28. The molecule has 7 nitrogen and oxygen atoms in total. The van der Waals surface area contributed by atoms with Gasteiger partial charge in [-0.3, -0.25) is 9.89 Å². The van der Waals surface area contributed by atoms with E-state index in [1.54, 1.807) is 7.11 Å². The maximum atomic E-state index is 5.97. The molecule has 2 N–H and O–H groups in total. The summed E-state index contributed by atoms with van der Waals surface area (Å²) in [5, 5.41) is 6.94. The molecule has 1 aliphatic heterocycles. The Morgan fingerprint density at radius 1 is 1.20 bits per heavy atom. The maximum Gasteiger partial charge on any atom is 0.191 e. The monoisotopic (exact) mass is 418 g/mol. The van der Waals surface area contributed by atoms with Gasteiger partial charge >= 0.3 is 0 Å². The molecular formula is C23H38N4O3. The second-order valence-corrected chi connectivity index (χ2v) is 8.33. The Bertz CT molecular complexity index is 658. The second-order valence-electron chi connectivity index (χ2n) is 8.33. The minimum Gasteiger partial charge on any atom is -0.492 e. The maximum absolute atomic E-state index is 5.97. The highest BCUT2D eigenvalue weighted by atomic mass is 16.5. The zero-order valence-electron chi connectivity index (χ0n) is 18.6. The van der Waals surface area contributed by atoms with E-state index < -0.39 is 0 Å². The molecule has 0 aromatic heterocycles. The SMILES string of the molecule is CN=C(NCc1cccc(OCCN2CCOCC2)c1)NCC1(CCOC)CCC1. The van der Waals surface area contributed by atoms with Crippen molar-refractivity contribution in [2.24, 2.45) is 10.4 Å². The van der Waals surface area contributed by atoms with E-state index in [4.69, 9.17) is 14.2 Å². The number of rotatable bonds is 11. The predicted molar refractivity (Wildman–Crippen MR) is 120 cm³/mol. The summed E-state index contributed by atoms with van der Waals surface area (Å²) >= 11 is 0. The number of morpholine rings is 1. The molecule has 0 radical (unpaired) electrons. The molecule has 30 heavy (non-hydrogen) atoms. The number of aliphatic imine (C=N–C) groups is 1. The van der Waals surface area contributed by atoms with E-state index in [1.165, 1.54) is 24.8 Å². The number of benzene rings is 1. The second kappa shape index (κ2) is 12.1. The first kappa shape index (κ1) is 22.8. The topological polar surface area (TPSA) is 67.4 Å². The number of nitrogens with zero attached hydrogens (tertiary/aromatic N) is 2. The number of hydrogen-bond donors (Lipinski definition) is 2. The van der Waals surface area contributed by atoms with E-state index in [1.807, 2.05) is 19.2 Å². The first-order valence-electron chi connectivity index (χ1n) is 11.2. The van der Waals surface area contributed by atoms with Crippen molar-refractivity contribution in [3.8, 4) is 5.75 Å². The molecule has 1 heterocycles. The molecule has 0 spiro atoms. The molecule has 7 heteroatoms. The third-order valence-electron chi connectivity index (χ3n) is 6.24. The Balaban J connectivity index is 1.40. The van der Waals surface area contributed by atoms with Gasteiger partial charge < -0.3 is 24.8 Å². The van der Waals surface area contributed by atoms with Crippen molar-refractivity contribution in [2.75, 3.05) is 66.8 Å². The third-order valence-corrected chi connectivity index (χ3v) is 6.24. The van der Waals surface area contributed by atoms with Crippen LogP contribution in [0.15, 0.2) is 29.3 Å². The van der Waals surface area contributed by atoms with Crippen molar-refractivity contribution in [1.82, 2.24) is 15.5 Å². The van der Waals surface area contributed by atoms with Crippen LogP contribution in [0.2, 0.25) is 0 Å². The van der Waals surface area contributed by atoms with Crippen molar-refractivity contribution in [3.63, 3.8) is 0 Å². The zero-order valence-corrected chi connectivity index (χ0v) is 18.6. The molecule has 1 aromatic rings. The molecule has 0 amide bonds. The Kier molecular flexibility index (Phi) is 9.24. The third kappa shape index (κ3) is 7.15. The molecular weight excluding hydrogens is 380 g/mol. The lowest BCUT2D eigenvalue weighted by atomic mass is 9.67. The fraction of sp³-hybridized carbons (Fsp3) is 0.696. The molecule has 0 atom stereocenters. The normalized spacial score (nSPS) is 19.2. The van der Waals surface area contributed by atoms with E-state index in [0.717, 1.165) is 64.1 Å². The van der Waals surface area contributed by atoms with Crippen molar-refractivity contribution in [1.29, 1.82) is 0 Å². The fourth-order valence-corrected chi connectivity index (χ4v) is 4.05. The molecule has 0 unspecified atom stereocenters. The van der Waals surface area contributed by atoms with Crippen LogP contribution in [0.4, 0.5) is 0 Å². The van der Waals surface area contributed by atoms with Gasteiger partial charge in [-0.05, 0) is 42.4 Å². The quantitative estimate of drug-likeness (QED) is 0.425. The van der Waals surface area contributed by atoms with Crippen LogP contribution >= 0.6 is 0 Å².